The molecule has 2 aromatic rings. The lowest BCUT2D eigenvalue weighted by molar-refractivity contribution is -0.928. The molecule has 0 aromatic heterocycles. The lowest BCUT2D eigenvalue weighted by Gasteiger charge is -2.31. The van der Waals surface area contributed by atoms with Gasteiger partial charge < -0.3 is 19.1 Å². The van der Waals surface area contributed by atoms with Crippen molar-refractivity contribution >= 4 is 11.6 Å². The van der Waals surface area contributed by atoms with E-state index in [-0.39, 0.29) is 18.6 Å². The number of hydrogen-bond acceptors (Lipinski definition) is 5. The van der Waals surface area contributed by atoms with Crippen LogP contribution in [0.1, 0.15) is 18.5 Å². The second kappa shape index (κ2) is 9.07. The fourth-order valence-electron chi connectivity index (χ4n) is 3.77. The maximum atomic E-state index is 12.6. The number of rotatable bonds is 5. The van der Waals surface area contributed by atoms with Crippen LogP contribution in [-0.4, -0.2) is 50.6 Å². The minimum atomic E-state index is -0.729. The zero-order valence-electron chi connectivity index (χ0n) is 16.5. The maximum Gasteiger partial charge on any atom is 0.284 e. The Morgan fingerprint density at radius 3 is 2.52 bits per heavy atom. The molecule has 0 saturated carbocycles. The molecule has 29 heavy (non-hydrogen) atoms. The van der Waals surface area contributed by atoms with E-state index in [9.17, 15) is 4.79 Å². The van der Waals surface area contributed by atoms with Gasteiger partial charge in [0, 0.05) is 5.56 Å². The van der Waals surface area contributed by atoms with Gasteiger partial charge in [-0.05, 0) is 19.1 Å². The number of hydrogen-bond donors (Lipinski definition) is 2. The fraction of sp³-hybridized carbons (Fsp3) is 0.364. The van der Waals surface area contributed by atoms with E-state index in [1.807, 2.05) is 43.3 Å². The molecule has 4 rings (SSSR count). The van der Waals surface area contributed by atoms with E-state index in [1.54, 1.807) is 6.07 Å². The maximum absolute atomic E-state index is 12.6. The predicted molar refractivity (Wildman–Crippen MR) is 108 cm³/mol. The van der Waals surface area contributed by atoms with Gasteiger partial charge in [0.25, 0.3) is 5.91 Å². The van der Waals surface area contributed by atoms with E-state index in [0.29, 0.717) is 11.5 Å². The predicted octanol–water partition coefficient (Wildman–Crippen LogP) is 0.975. The van der Waals surface area contributed by atoms with E-state index in [4.69, 9.17) is 14.2 Å². The molecule has 0 bridgehead atoms. The Bertz CT molecular complexity index is 865. The van der Waals surface area contributed by atoms with Gasteiger partial charge in [-0.25, -0.2) is 5.43 Å². The van der Waals surface area contributed by atoms with Crippen molar-refractivity contribution in [3.05, 3.63) is 60.2 Å². The summed E-state index contributed by atoms with van der Waals surface area (Å²) in [4.78, 5) is 14.0. The molecule has 0 unspecified atom stereocenters. The van der Waals surface area contributed by atoms with Gasteiger partial charge in [-0.2, -0.15) is 5.10 Å². The largest absolute Gasteiger partial charge is 0.485 e. The highest BCUT2D eigenvalue weighted by Gasteiger charge is 2.30. The summed E-state index contributed by atoms with van der Waals surface area (Å²) >= 11 is 0. The molecule has 1 saturated heterocycles. The summed E-state index contributed by atoms with van der Waals surface area (Å²) in [6.45, 7) is 5.37. The quantitative estimate of drug-likeness (QED) is 0.584. The highest BCUT2D eigenvalue weighted by Crippen LogP contribution is 2.30. The zero-order valence-corrected chi connectivity index (χ0v) is 16.5. The Hall–Kier alpha value is -2.90. The third-order valence-corrected chi connectivity index (χ3v) is 5.24. The van der Waals surface area contributed by atoms with Gasteiger partial charge >= 0.3 is 0 Å². The number of nitrogens with one attached hydrogen (secondary N) is 2. The van der Waals surface area contributed by atoms with Crippen molar-refractivity contribution in [2.75, 3.05) is 32.9 Å². The van der Waals surface area contributed by atoms with Crippen molar-refractivity contribution in [3.63, 3.8) is 0 Å². The third-order valence-electron chi connectivity index (χ3n) is 5.24. The molecular weight excluding hydrogens is 370 g/mol. The molecule has 2 atom stereocenters. The Morgan fingerprint density at radius 2 is 1.76 bits per heavy atom. The summed E-state index contributed by atoms with van der Waals surface area (Å²) in [5, 5.41) is 4.43. The average Bonchev–Trinajstić information content (AvgIpc) is 2.79. The van der Waals surface area contributed by atoms with Crippen molar-refractivity contribution < 1.29 is 23.9 Å². The highest BCUT2D eigenvalue weighted by molar-refractivity contribution is 5.89. The minimum absolute atomic E-state index is 0.0599. The SMILES string of the molecule is C/C(=N/NC(=O)[C@H]1COc2ccccc2O1)[C@@H](c1ccccc1)[NH+]1CCOCC1. The summed E-state index contributed by atoms with van der Waals surface area (Å²) in [6, 6.07) is 17.6. The smallest absolute Gasteiger partial charge is 0.284 e. The number of carbonyl (C=O) groups excluding carboxylic acids is 1. The van der Waals surface area contributed by atoms with Crippen LogP contribution in [-0.2, 0) is 9.53 Å². The molecule has 2 N–H and O–H groups in total. The first-order valence-corrected chi connectivity index (χ1v) is 9.92. The average molecular weight is 396 g/mol. The van der Waals surface area contributed by atoms with Gasteiger partial charge in [-0.15, -0.1) is 0 Å². The van der Waals surface area contributed by atoms with E-state index >= 15 is 0 Å². The molecular formula is C22H26N3O4+. The number of nitrogens with zero attached hydrogens (tertiary/aromatic N) is 1. The van der Waals surface area contributed by atoms with Gasteiger partial charge in [-0.1, -0.05) is 42.5 Å². The van der Waals surface area contributed by atoms with Crippen molar-refractivity contribution in [2.45, 2.75) is 19.1 Å². The Labute approximate surface area is 170 Å². The summed E-state index contributed by atoms with van der Waals surface area (Å²) in [5.74, 6) is 0.901. The minimum Gasteiger partial charge on any atom is -0.485 e. The summed E-state index contributed by atoms with van der Waals surface area (Å²) in [7, 11) is 0. The van der Waals surface area contributed by atoms with E-state index < -0.39 is 6.10 Å². The van der Waals surface area contributed by atoms with E-state index in [1.165, 1.54) is 10.5 Å². The number of fused-ring (bicyclic) bond motifs is 1. The molecule has 2 aromatic carbocycles. The van der Waals surface area contributed by atoms with Crippen LogP contribution in [0, 0.1) is 0 Å². The monoisotopic (exact) mass is 396 g/mol. The van der Waals surface area contributed by atoms with Gasteiger partial charge in [-0.3, -0.25) is 4.79 Å². The Morgan fingerprint density at radius 1 is 1.07 bits per heavy atom. The third kappa shape index (κ3) is 4.58. The second-order valence-electron chi connectivity index (χ2n) is 7.21. The van der Waals surface area contributed by atoms with Gasteiger partial charge in [0.15, 0.2) is 17.5 Å². The molecule has 2 aliphatic rings. The van der Waals surface area contributed by atoms with Crippen LogP contribution in [0.25, 0.3) is 0 Å². The van der Waals surface area contributed by atoms with Crippen molar-refractivity contribution in [1.82, 2.24) is 5.43 Å². The number of quaternary nitrogens is 1. The van der Waals surface area contributed by atoms with Crippen LogP contribution in [0.4, 0.5) is 0 Å². The van der Waals surface area contributed by atoms with Crippen LogP contribution < -0.4 is 19.8 Å². The summed E-state index contributed by atoms with van der Waals surface area (Å²) in [6.07, 6.45) is -0.729. The van der Waals surface area contributed by atoms with Gasteiger partial charge in [0.1, 0.15) is 19.7 Å². The first-order valence-electron chi connectivity index (χ1n) is 9.92. The molecule has 152 valence electrons. The molecule has 1 amide bonds. The van der Waals surface area contributed by atoms with Crippen LogP contribution >= 0.6 is 0 Å². The molecule has 1 fully saturated rings. The number of morpholine rings is 1. The normalized spacial score (nSPS) is 20.7. The second-order valence-corrected chi connectivity index (χ2v) is 7.21. The Kier molecular flexibility index (Phi) is 6.07. The number of hydrazone groups is 1. The lowest BCUT2D eigenvalue weighted by atomic mass is 10.0. The standard InChI is InChI=1S/C22H25N3O4/c1-16(21(17-7-3-2-4-8-17)25-11-13-27-14-12-25)23-24-22(26)20-15-28-18-9-5-6-10-19(18)29-20/h2-10,20-21H,11-15H2,1H3,(H,24,26)/p+1/b23-16-/t20-,21+/m1/s1. The Balaban J connectivity index is 1.46. The van der Waals surface area contributed by atoms with Crippen LogP contribution in [0.15, 0.2) is 59.7 Å². The van der Waals surface area contributed by atoms with E-state index in [0.717, 1.165) is 32.0 Å². The number of amides is 1. The molecule has 0 aliphatic carbocycles. The van der Waals surface area contributed by atoms with Gasteiger partial charge in [0.05, 0.1) is 18.9 Å². The number of benzene rings is 2. The molecule has 0 radical (unpaired) electrons. The first-order chi connectivity index (χ1) is 14.2. The molecule has 7 heteroatoms. The fourth-order valence-corrected chi connectivity index (χ4v) is 3.77. The number of carbonyl (C=O) groups is 1. The number of ether oxygens (including phenoxy) is 3. The van der Waals surface area contributed by atoms with Crippen molar-refractivity contribution in [2.24, 2.45) is 5.10 Å². The lowest BCUT2D eigenvalue weighted by Crippen LogP contribution is -3.15. The van der Waals surface area contributed by atoms with Crippen LogP contribution in [0.5, 0.6) is 11.5 Å². The number of para-hydroxylation sites is 2. The zero-order chi connectivity index (χ0) is 20.1. The highest BCUT2D eigenvalue weighted by atomic mass is 16.6. The summed E-state index contributed by atoms with van der Waals surface area (Å²) < 4.78 is 16.9. The summed E-state index contributed by atoms with van der Waals surface area (Å²) in [5.41, 5.74) is 4.69. The van der Waals surface area contributed by atoms with Crippen LogP contribution in [0.2, 0.25) is 0 Å². The molecule has 2 aliphatic heterocycles. The van der Waals surface area contributed by atoms with Crippen LogP contribution in [0.3, 0.4) is 0 Å². The molecule has 0 spiro atoms. The molecule has 2 heterocycles. The van der Waals surface area contributed by atoms with Crippen molar-refractivity contribution in [3.8, 4) is 11.5 Å². The topological polar surface area (TPSA) is 73.6 Å². The van der Waals surface area contributed by atoms with Crippen molar-refractivity contribution in [1.29, 1.82) is 0 Å². The first kappa shape index (κ1) is 19.4. The van der Waals surface area contributed by atoms with E-state index in [2.05, 4.69) is 22.7 Å². The molecule has 7 nitrogen and oxygen atoms in total. The van der Waals surface area contributed by atoms with Gasteiger partial charge in [0.2, 0.25) is 6.10 Å².